The maximum atomic E-state index is 13.7. The summed E-state index contributed by atoms with van der Waals surface area (Å²) in [7, 11) is 0. The van der Waals surface area contributed by atoms with Crippen LogP contribution in [-0.4, -0.2) is 15.5 Å². The van der Waals surface area contributed by atoms with E-state index in [0.717, 1.165) is 39.3 Å². The Morgan fingerprint density at radius 2 is 1.66 bits per heavy atom. The molecule has 4 aromatic rings. The molecule has 0 bridgehead atoms. The summed E-state index contributed by atoms with van der Waals surface area (Å²) in [5.41, 5.74) is 7.26. The number of para-hydroxylation sites is 1. The van der Waals surface area contributed by atoms with E-state index in [1.807, 2.05) is 73.3 Å². The molecular formula is C27H24ClN3O. The number of nitrogens with one attached hydrogen (secondary N) is 1. The zero-order valence-electron chi connectivity index (χ0n) is 18.0. The first kappa shape index (κ1) is 20.4. The number of rotatable bonds is 2. The number of halogens is 1. The predicted molar refractivity (Wildman–Crippen MR) is 130 cm³/mol. The van der Waals surface area contributed by atoms with Crippen LogP contribution >= 0.6 is 11.6 Å². The lowest BCUT2D eigenvalue weighted by molar-refractivity contribution is 0.194. The van der Waals surface area contributed by atoms with Crippen molar-refractivity contribution in [2.24, 2.45) is 0 Å². The molecule has 1 aliphatic rings. The minimum Gasteiger partial charge on any atom is -0.318 e. The van der Waals surface area contributed by atoms with Crippen LogP contribution in [0.3, 0.4) is 0 Å². The van der Waals surface area contributed by atoms with Crippen molar-refractivity contribution in [3.63, 3.8) is 0 Å². The molecule has 2 amide bonds. The second kappa shape index (κ2) is 8.21. The minimum atomic E-state index is -0.263. The van der Waals surface area contributed by atoms with Gasteiger partial charge in [-0.1, -0.05) is 48.0 Å². The van der Waals surface area contributed by atoms with E-state index in [4.69, 9.17) is 11.6 Å². The molecule has 0 spiro atoms. The van der Waals surface area contributed by atoms with Gasteiger partial charge < -0.3 is 14.8 Å². The molecule has 32 heavy (non-hydrogen) atoms. The number of nitrogens with zero attached hydrogens (tertiary/aromatic N) is 2. The van der Waals surface area contributed by atoms with Crippen LogP contribution in [0.2, 0.25) is 5.02 Å². The van der Waals surface area contributed by atoms with Gasteiger partial charge in [-0.25, -0.2) is 4.79 Å². The van der Waals surface area contributed by atoms with Gasteiger partial charge in [0.15, 0.2) is 0 Å². The first-order chi connectivity index (χ1) is 15.5. The second-order valence-electron chi connectivity index (χ2n) is 8.32. The Morgan fingerprint density at radius 1 is 0.938 bits per heavy atom. The summed E-state index contributed by atoms with van der Waals surface area (Å²) in [6.45, 7) is 4.56. The number of fused-ring (bicyclic) bond motifs is 3. The van der Waals surface area contributed by atoms with Crippen molar-refractivity contribution in [1.82, 2.24) is 9.47 Å². The molecule has 160 valence electrons. The van der Waals surface area contributed by atoms with Crippen LogP contribution in [0.25, 0.3) is 5.69 Å². The van der Waals surface area contributed by atoms with Gasteiger partial charge in [-0.05, 0) is 78.6 Å². The van der Waals surface area contributed by atoms with Crippen molar-refractivity contribution in [2.45, 2.75) is 26.4 Å². The highest BCUT2D eigenvalue weighted by molar-refractivity contribution is 6.30. The number of carbonyl (C=O) groups is 1. The Bertz CT molecular complexity index is 1270. The molecule has 1 aliphatic heterocycles. The van der Waals surface area contributed by atoms with Gasteiger partial charge in [0.1, 0.15) is 0 Å². The summed E-state index contributed by atoms with van der Waals surface area (Å²) in [5, 5.41) is 3.81. The molecule has 0 fully saturated rings. The minimum absolute atomic E-state index is 0.139. The predicted octanol–water partition coefficient (Wildman–Crippen LogP) is 6.88. The van der Waals surface area contributed by atoms with Gasteiger partial charge in [-0.15, -0.1) is 0 Å². The average molecular weight is 442 g/mol. The molecule has 3 aromatic carbocycles. The molecule has 0 radical (unpaired) electrons. The van der Waals surface area contributed by atoms with E-state index in [-0.39, 0.29) is 12.1 Å². The Morgan fingerprint density at radius 3 is 2.41 bits per heavy atom. The van der Waals surface area contributed by atoms with Crippen molar-refractivity contribution in [3.05, 3.63) is 118 Å². The summed E-state index contributed by atoms with van der Waals surface area (Å²) < 4.78 is 2.18. The van der Waals surface area contributed by atoms with Gasteiger partial charge in [-0.3, -0.25) is 0 Å². The van der Waals surface area contributed by atoms with Gasteiger partial charge in [0.2, 0.25) is 0 Å². The standard InChI is InChI=1S/C27H24ClN3O/c1-18-14-19(2)16-23(15-18)29-27(32)31-17-21-6-3-4-7-24(21)30-13-5-8-25(30)26(31)20-9-11-22(28)12-10-20/h3-16,26H,17H2,1-2H3,(H,29,32). The molecule has 0 aliphatic carbocycles. The van der Waals surface area contributed by atoms with Crippen LogP contribution in [0.15, 0.2) is 85.1 Å². The molecule has 1 atom stereocenters. The first-order valence-electron chi connectivity index (χ1n) is 10.7. The fraction of sp³-hybridized carbons (Fsp3) is 0.148. The largest absolute Gasteiger partial charge is 0.322 e. The van der Waals surface area contributed by atoms with Crippen molar-refractivity contribution in [1.29, 1.82) is 0 Å². The molecule has 1 aromatic heterocycles. The van der Waals surface area contributed by atoms with Crippen molar-refractivity contribution in [2.75, 3.05) is 5.32 Å². The Balaban J connectivity index is 1.62. The van der Waals surface area contributed by atoms with E-state index in [0.29, 0.717) is 11.6 Å². The molecule has 1 unspecified atom stereocenters. The summed E-state index contributed by atoms with van der Waals surface area (Å²) in [6, 6.07) is 25.8. The van der Waals surface area contributed by atoms with Crippen molar-refractivity contribution in [3.8, 4) is 5.69 Å². The summed E-state index contributed by atoms with van der Waals surface area (Å²) in [4.78, 5) is 15.6. The third kappa shape index (κ3) is 3.78. The number of aryl methyl sites for hydroxylation is 2. The lowest BCUT2D eigenvalue weighted by Gasteiger charge is -2.31. The summed E-state index contributed by atoms with van der Waals surface area (Å²) in [5.74, 6) is 0. The molecule has 5 rings (SSSR count). The SMILES string of the molecule is Cc1cc(C)cc(NC(=O)N2Cc3ccccc3-n3cccc3C2c2ccc(Cl)cc2)c1. The fourth-order valence-corrected chi connectivity index (χ4v) is 4.70. The van der Waals surface area contributed by atoms with Crippen LogP contribution < -0.4 is 5.32 Å². The van der Waals surface area contributed by atoms with Crippen LogP contribution in [0, 0.1) is 13.8 Å². The molecule has 5 heteroatoms. The van der Waals surface area contributed by atoms with Crippen LogP contribution in [0.1, 0.15) is 34.0 Å². The van der Waals surface area contributed by atoms with E-state index >= 15 is 0 Å². The van der Waals surface area contributed by atoms with Gasteiger partial charge in [-0.2, -0.15) is 0 Å². The Kier molecular flexibility index (Phi) is 5.24. The third-order valence-corrected chi connectivity index (χ3v) is 6.14. The first-order valence-corrected chi connectivity index (χ1v) is 11.0. The van der Waals surface area contributed by atoms with E-state index in [9.17, 15) is 4.79 Å². The maximum Gasteiger partial charge on any atom is 0.322 e. The number of hydrogen-bond acceptors (Lipinski definition) is 1. The number of anilines is 1. The smallest absolute Gasteiger partial charge is 0.318 e. The van der Waals surface area contributed by atoms with Crippen LogP contribution in [0.4, 0.5) is 10.5 Å². The van der Waals surface area contributed by atoms with E-state index in [2.05, 4.69) is 40.3 Å². The molecule has 0 saturated heterocycles. The normalized spacial score (nSPS) is 15.0. The van der Waals surface area contributed by atoms with Crippen molar-refractivity contribution < 1.29 is 4.79 Å². The highest BCUT2D eigenvalue weighted by Gasteiger charge is 2.33. The molecule has 2 heterocycles. The summed E-state index contributed by atoms with van der Waals surface area (Å²) in [6.07, 6.45) is 2.06. The van der Waals surface area contributed by atoms with E-state index in [1.165, 1.54) is 0 Å². The van der Waals surface area contributed by atoms with Crippen LogP contribution in [0.5, 0.6) is 0 Å². The number of benzene rings is 3. The van der Waals surface area contributed by atoms with Gasteiger partial charge in [0.05, 0.1) is 18.3 Å². The second-order valence-corrected chi connectivity index (χ2v) is 8.76. The molecular weight excluding hydrogens is 418 g/mol. The Labute approximate surface area is 193 Å². The van der Waals surface area contributed by atoms with Gasteiger partial charge >= 0.3 is 6.03 Å². The Hall–Kier alpha value is -3.50. The van der Waals surface area contributed by atoms with Gasteiger partial charge in [0.25, 0.3) is 0 Å². The monoisotopic (exact) mass is 441 g/mol. The highest BCUT2D eigenvalue weighted by Crippen LogP contribution is 2.37. The van der Waals surface area contributed by atoms with Crippen molar-refractivity contribution >= 4 is 23.3 Å². The average Bonchev–Trinajstić information content (AvgIpc) is 3.18. The molecule has 4 nitrogen and oxygen atoms in total. The number of aromatic nitrogens is 1. The number of hydrogen-bond donors (Lipinski definition) is 1. The van der Waals surface area contributed by atoms with E-state index in [1.54, 1.807) is 0 Å². The topological polar surface area (TPSA) is 37.3 Å². The third-order valence-electron chi connectivity index (χ3n) is 5.88. The number of amides is 2. The quantitative estimate of drug-likeness (QED) is 0.361. The zero-order valence-corrected chi connectivity index (χ0v) is 18.8. The maximum absolute atomic E-state index is 13.7. The zero-order chi connectivity index (χ0) is 22.2. The van der Waals surface area contributed by atoms with E-state index < -0.39 is 0 Å². The molecule has 1 N–H and O–H groups in total. The summed E-state index contributed by atoms with van der Waals surface area (Å²) >= 11 is 6.17. The lowest BCUT2D eigenvalue weighted by Crippen LogP contribution is -2.37. The number of carbonyl (C=O) groups excluding carboxylic acids is 1. The van der Waals surface area contributed by atoms with Gasteiger partial charge in [0, 0.05) is 22.6 Å². The lowest BCUT2D eigenvalue weighted by atomic mass is 10.0. The molecule has 0 saturated carbocycles. The number of urea groups is 1. The fourth-order valence-electron chi connectivity index (χ4n) is 4.58. The van der Waals surface area contributed by atoms with Crippen LogP contribution in [-0.2, 0) is 6.54 Å². The highest BCUT2D eigenvalue weighted by atomic mass is 35.5.